The van der Waals surface area contributed by atoms with Crippen molar-refractivity contribution in [2.45, 2.75) is 12.8 Å². The maximum absolute atomic E-state index is 10.7. The second-order valence-corrected chi connectivity index (χ2v) is 2.63. The zero-order valence-electron chi connectivity index (χ0n) is 7.94. The molecule has 0 saturated heterocycles. The lowest BCUT2D eigenvalue weighted by atomic mass is 10.3. The molecule has 0 saturated carbocycles. The molecule has 0 radical (unpaired) electrons. The minimum atomic E-state index is 0.0936. The fraction of sp³-hybridized carbons (Fsp3) is 0.875. The van der Waals surface area contributed by atoms with Crippen LogP contribution >= 0.6 is 0 Å². The lowest BCUT2D eigenvalue weighted by Gasteiger charge is -2.03. The molecule has 12 heavy (non-hydrogen) atoms. The van der Waals surface area contributed by atoms with E-state index in [0.717, 1.165) is 26.1 Å². The van der Waals surface area contributed by atoms with Crippen molar-refractivity contribution in [3.05, 3.63) is 0 Å². The molecule has 0 unspecified atom stereocenters. The van der Waals surface area contributed by atoms with Gasteiger partial charge < -0.3 is 16.0 Å². The first-order valence-electron chi connectivity index (χ1n) is 4.37. The third-order valence-corrected chi connectivity index (χ3v) is 1.59. The summed E-state index contributed by atoms with van der Waals surface area (Å²) in [5, 5.41) is 8.82. The maximum atomic E-state index is 10.7. The van der Waals surface area contributed by atoms with Crippen LogP contribution in [-0.2, 0) is 4.79 Å². The Morgan fingerprint density at radius 2 is 1.92 bits per heavy atom. The van der Waals surface area contributed by atoms with Crippen molar-refractivity contribution in [3.8, 4) is 0 Å². The third kappa shape index (κ3) is 7.50. The van der Waals surface area contributed by atoms with Gasteiger partial charge in [-0.2, -0.15) is 0 Å². The van der Waals surface area contributed by atoms with Gasteiger partial charge in [-0.05, 0) is 26.6 Å². The third-order valence-electron chi connectivity index (χ3n) is 1.59. The Bertz CT molecular complexity index is 117. The standard InChI is InChI=1S/C8H19N3O/c1-9-5-3-6-11-7-4-8(12)10-2/h9,11H,3-7H2,1-2H3,(H,10,12). The van der Waals surface area contributed by atoms with Crippen LogP contribution < -0.4 is 16.0 Å². The topological polar surface area (TPSA) is 53.2 Å². The molecular formula is C8H19N3O. The summed E-state index contributed by atoms with van der Waals surface area (Å²) in [4.78, 5) is 10.7. The number of carbonyl (C=O) groups excluding carboxylic acids is 1. The van der Waals surface area contributed by atoms with Gasteiger partial charge in [-0.3, -0.25) is 4.79 Å². The van der Waals surface area contributed by atoms with Gasteiger partial charge in [0.1, 0.15) is 0 Å². The second-order valence-electron chi connectivity index (χ2n) is 2.63. The molecule has 0 aromatic rings. The van der Waals surface area contributed by atoms with Crippen LogP contribution in [0, 0.1) is 0 Å². The summed E-state index contributed by atoms with van der Waals surface area (Å²) in [7, 11) is 3.59. The molecule has 0 rings (SSSR count). The Hall–Kier alpha value is -0.610. The van der Waals surface area contributed by atoms with Gasteiger partial charge in [-0.1, -0.05) is 0 Å². The summed E-state index contributed by atoms with van der Waals surface area (Å²) in [6, 6.07) is 0. The van der Waals surface area contributed by atoms with Gasteiger partial charge in [-0.25, -0.2) is 0 Å². The summed E-state index contributed by atoms with van der Waals surface area (Å²) in [6.45, 7) is 2.76. The fourth-order valence-electron chi connectivity index (χ4n) is 0.842. The molecule has 0 spiro atoms. The lowest BCUT2D eigenvalue weighted by molar-refractivity contribution is -0.120. The van der Waals surface area contributed by atoms with Gasteiger partial charge in [-0.15, -0.1) is 0 Å². The van der Waals surface area contributed by atoms with Crippen LogP contribution in [0.2, 0.25) is 0 Å². The van der Waals surface area contributed by atoms with Crippen molar-refractivity contribution in [2.75, 3.05) is 33.7 Å². The lowest BCUT2D eigenvalue weighted by Crippen LogP contribution is -2.26. The Labute approximate surface area is 74.1 Å². The molecule has 0 atom stereocenters. The summed E-state index contributed by atoms with van der Waals surface area (Å²) in [6.07, 6.45) is 1.67. The van der Waals surface area contributed by atoms with E-state index in [4.69, 9.17) is 0 Å². The zero-order chi connectivity index (χ0) is 9.23. The summed E-state index contributed by atoms with van der Waals surface area (Å²) in [5.41, 5.74) is 0. The van der Waals surface area contributed by atoms with E-state index >= 15 is 0 Å². The first-order valence-corrected chi connectivity index (χ1v) is 4.37. The molecule has 3 N–H and O–H groups in total. The van der Waals surface area contributed by atoms with E-state index in [0.29, 0.717) is 6.42 Å². The normalized spacial score (nSPS) is 9.83. The molecule has 72 valence electrons. The number of amides is 1. The molecule has 1 amide bonds. The van der Waals surface area contributed by atoms with Crippen molar-refractivity contribution in [3.63, 3.8) is 0 Å². The van der Waals surface area contributed by atoms with Gasteiger partial charge in [0.2, 0.25) is 5.91 Å². The molecule has 0 aliphatic rings. The van der Waals surface area contributed by atoms with E-state index < -0.39 is 0 Å². The van der Waals surface area contributed by atoms with Crippen LogP contribution in [0.4, 0.5) is 0 Å². The van der Waals surface area contributed by atoms with Crippen molar-refractivity contribution in [1.29, 1.82) is 0 Å². The SMILES string of the molecule is CNCCCNCCC(=O)NC. The quantitative estimate of drug-likeness (QED) is 0.447. The van der Waals surface area contributed by atoms with E-state index in [1.54, 1.807) is 7.05 Å². The van der Waals surface area contributed by atoms with Crippen LogP contribution in [-0.4, -0.2) is 39.6 Å². The zero-order valence-corrected chi connectivity index (χ0v) is 7.94. The van der Waals surface area contributed by atoms with Crippen molar-refractivity contribution < 1.29 is 4.79 Å². The molecule has 0 aromatic heterocycles. The minimum absolute atomic E-state index is 0.0936. The first kappa shape index (κ1) is 11.4. The summed E-state index contributed by atoms with van der Waals surface area (Å²) in [5.74, 6) is 0.0936. The molecule has 0 fully saturated rings. The van der Waals surface area contributed by atoms with Crippen molar-refractivity contribution in [1.82, 2.24) is 16.0 Å². The molecule has 0 aliphatic heterocycles. The number of nitrogens with one attached hydrogen (secondary N) is 3. The van der Waals surface area contributed by atoms with Crippen LogP contribution in [0.15, 0.2) is 0 Å². The average Bonchev–Trinajstić information content (AvgIpc) is 2.10. The van der Waals surface area contributed by atoms with Gasteiger partial charge in [0, 0.05) is 20.0 Å². The van der Waals surface area contributed by atoms with Crippen molar-refractivity contribution >= 4 is 5.91 Å². The van der Waals surface area contributed by atoms with E-state index in [1.165, 1.54) is 0 Å². The maximum Gasteiger partial charge on any atom is 0.221 e. The van der Waals surface area contributed by atoms with Crippen LogP contribution in [0.5, 0.6) is 0 Å². The smallest absolute Gasteiger partial charge is 0.221 e. The number of carbonyl (C=O) groups is 1. The van der Waals surface area contributed by atoms with E-state index in [-0.39, 0.29) is 5.91 Å². The second kappa shape index (κ2) is 8.49. The number of hydrogen-bond acceptors (Lipinski definition) is 3. The Morgan fingerprint density at radius 1 is 1.17 bits per heavy atom. The van der Waals surface area contributed by atoms with Gasteiger partial charge in [0.15, 0.2) is 0 Å². The van der Waals surface area contributed by atoms with Crippen molar-refractivity contribution in [2.24, 2.45) is 0 Å². The average molecular weight is 173 g/mol. The molecule has 4 nitrogen and oxygen atoms in total. The minimum Gasteiger partial charge on any atom is -0.359 e. The largest absolute Gasteiger partial charge is 0.359 e. The Morgan fingerprint density at radius 3 is 2.50 bits per heavy atom. The predicted octanol–water partition coefficient (Wildman–Crippen LogP) is -0.678. The highest BCUT2D eigenvalue weighted by molar-refractivity contribution is 5.75. The molecule has 0 heterocycles. The van der Waals surface area contributed by atoms with Crippen LogP contribution in [0.1, 0.15) is 12.8 Å². The predicted molar refractivity (Wildman–Crippen MR) is 50.1 cm³/mol. The highest BCUT2D eigenvalue weighted by Crippen LogP contribution is 1.77. The van der Waals surface area contributed by atoms with E-state index in [9.17, 15) is 4.79 Å². The van der Waals surface area contributed by atoms with E-state index in [2.05, 4.69) is 16.0 Å². The number of hydrogen-bond donors (Lipinski definition) is 3. The fourth-order valence-corrected chi connectivity index (χ4v) is 0.842. The summed E-state index contributed by atoms with van der Waals surface area (Å²) >= 11 is 0. The molecule has 0 bridgehead atoms. The molecule has 0 aromatic carbocycles. The van der Waals surface area contributed by atoms with Crippen LogP contribution in [0.3, 0.4) is 0 Å². The molecular weight excluding hydrogens is 154 g/mol. The monoisotopic (exact) mass is 173 g/mol. The van der Waals surface area contributed by atoms with Gasteiger partial charge in [0.25, 0.3) is 0 Å². The van der Waals surface area contributed by atoms with Crippen LogP contribution in [0.25, 0.3) is 0 Å². The van der Waals surface area contributed by atoms with Gasteiger partial charge in [0.05, 0.1) is 0 Å². The Balaban J connectivity index is 2.95. The highest BCUT2D eigenvalue weighted by Gasteiger charge is 1.95. The molecule has 0 aliphatic carbocycles. The summed E-state index contributed by atoms with van der Waals surface area (Å²) < 4.78 is 0. The highest BCUT2D eigenvalue weighted by atomic mass is 16.1. The molecule has 4 heteroatoms. The number of rotatable bonds is 7. The van der Waals surface area contributed by atoms with Gasteiger partial charge >= 0.3 is 0 Å². The van der Waals surface area contributed by atoms with E-state index in [1.807, 2.05) is 7.05 Å². The Kier molecular flexibility index (Phi) is 8.05. The first-order chi connectivity index (χ1) is 5.81.